The summed E-state index contributed by atoms with van der Waals surface area (Å²) in [5.74, 6) is 0.972. The topological polar surface area (TPSA) is 59.3 Å². The molecule has 0 aromatic heterocycles. The van der Waals surface area contributed by atoms with E-state index >= 15 is 0 Å². The molecule has 0 aliphatic heterocycles. The van der Waals surface area contributed by atoms with Crippen LogP contribution in [0, 0.1) is 11.3 Å². The van der Waals surface area contributed by atoms with Crippen LogP contribution in [0.4, 0.5) is 0 Å². The zero-order valence-corrected chi connectivity index (χ0v) is 12.2. The molecule has 1 aliphatic carbocycles. The van der Waals surface area contributed by atoms with Crippen LogP contribution in [0.2, 0.25) is 0 Å². The molecule has 1 aliphatic rings. The fraction of sp³-hybridized carbons (Fsp3) is 0.529. The summed E-state index contributed by atoms with van der Waals surface area (Å²) in [5, 5.41) is 8.32. The highest BCUT2D eigenvalue weighted by Crippen LogP contribution is 2.33. The maximum absolute atomic E-state index is 11.0. The summed E-state index contributed by atoms with van der Waals surface area (Å²) in [6, 6.07) is 9.96. The van der Waals surface area contributed by atoms with Gasteiger partial charge in [-0.25, -0.2) is 0 Å². The van der Waals surface area contributed by atoms with Gasteiger partial charge in [0.25, 0.3) is 0 Å². The standard InChI is InChI=1S/C17H21NO3/c18-11-10-17(19)21-13-12-20-16-8-6-15(7-9-16)14-4-2-1-3-5-14/h6-9,14H,1-5,10,12-13H2. The minimum absolute atomic E-state index is 0.172. The first kappa shape index (κ1) is 15.4. The van der Waals surface area contributed by atoms with Crippen molar-refractivity contribution in [1.82, 2.24) is 0 Å². The van der Waals surface area contributed by atoms with Crippen molar-refractivity contribution in [3.63, 3.8) is 0 Å². The smallest absolute Gasteiger partial charge is 0.320 e. The van der Waals surface area contributed by atoms with E-state index in [2.05, 4.69) is 12.1 Å². The second-order valence-corrected chi connectivity index (χ2v) is 5.31. The molecular weight excluding hydrogens is 266 g/mol. The maximum Gasteiger partial charge on any atom is 0.320 e. The molecule has 1 aromatic carbocycles. The Morgan fingerprint density at radius 3 is 2.52 bits per heavy atom. The number of nitriles is 1. The molecule has 0 N–H and O–H groups in total. The highest BCUT2D eigenvalue weighted by Gasteiger charge is 2.15. The van der Waals surface area contributed by atoms with Gasteiger partial charge in [0.1, 0.15) is 25.4 Å². The lowest BCUT2D eigenvalue weighted by Gasteiger charge is -2.22. The Morgan fingerprint density at radius 2 is 1.86 bits per heavy atom. The Kier molecular flexibility index (Phi) is 6.08. The molecule has 0 amide bonds. The van der Waals surface area contributed by atoms with Gasteiger partial charge in [-0.05, 0) is 36.5 Å². The van der Waals surface area contributed by atoms with Gasteiger partial charge in [0, 0.05) is 0 Å². The van der Waals surface area contributed by atoms with Crippen LogP contribution < -0.4 is 4.74 Å². The Bertz CT molecular complexity index is 484. The molecule has 0 spiro atoms. The number of carbonyl (C=O) groups excluding carboxylic acids is 1. The molecule has 0 unspecified atom stereocenters. The van der Waals surface area contributed by atoms with Gasteiger partial charge in [0.2, 0.25) is 0 Å². The van der Waals surface area contributed by atoms with Crippen LogP contribution in [-0.2, 0) is 9.53 Å². The van der Waals surface area contributed by atoms with Crippen molar-refractivity contribution in [3.8, 4) is 11.8 Å². The van der Waals surface area contributed by atoms with Crippen LogP contribution in [0.15, 0.2) is 24.3 Å². The molecule has 0 atom stereocenters. The van der Waals surface area contributed by atoms with Crippen LogP contribution >= 0.6 is 0 Å². The van der Waals surface area contributed by atoms with E-state index in [1.807, 2.05) is 12.1 Å². The normalized spacial score (nSPS) is 15.2. The summed E-state index contributed by atoms with van der Waals surface area (Å²) < 4.78 is 10.4. The van der Waals surface area contributed by atoms with Crippen LogP contribution in [-0.4, -0.2) is 19.2 Å². The van der Waals surface area contributed by atoms with Crippen molar-refractivity contribution in [1.29, 1.82) is 5.26 Å². The van der Waals surface area contributed by atoms with Gasteiger partial charge in [0.05, 0.1) is 6.07 Å². The molecule has 2 rings (SSSR count). The van der Waals surface area contributed by atoms with Gasteiger partial charge >= 0.3 is 5.97 Å². The van der Waals surface area contributed by atoms with E-state index in [1.165, 1.54) is 37.7 Å². The van der Waals surface area contributed by atoms with Crippen molar-refractivity contribution in [2.24, 2.45) is 0 Å². The summed E-state index contributed by atoms with van der Waals surface area (Å²) in [6.07, 6.45) is 6.39. The van der Waals surface area contributed by atoms with Crippen molar-refractivity contribution >= 4 is 5.97 Å². The SMILES string of the molecule is N#CCC(=O)OCCOc1ccc(C2CCCCC2)cc1. The van der Waals surface area contributed by atoms with Gasteiger partial charge in [-0.15, -0.1) is 0 Å². The Balaban J connectivity index is 1.72. The molecule has 4 nitrogen and oxygen atoms in total. The average Bonchev–Trinajstić information content (AvgIpc) is 2.53. The summed E-state index contributed by atoms with van der Waals surface area (Å²) in [4.78, 5) is 11.0. The van der Waals surface area contributed by atoms with Gasteiger partial charge in [-0.3, -0.25) is 4.79 Å². The molecule has 1 saturated carbocycles. The molecule has 1 aromatic rings. The molecular formula is C17H21NO3. The van der Waals surface area contributed by atoms with E-state index in [0.29, 0.717) is 12.5 Å². The fourth-order valence-corrected chi connectivity index (χ4v) is 2.70. The van der Waals surface area contributed by atoms with E-state index in [9.17, 15) is 4.79 Å². The van der Waals surface area contributed by atoms with Gasteiger partial charge in [-0.1, -0.05) is 31.4 Å². The largest absolute Gasteiger partial charge is 0.490 e. The quantitative estimate of drug-likeness (QED) is 0.593. The Hall–Kier alpha value is -2.02. The number of hydrogen-bond acceptors (Lipinski definition) is 4. The second-order valence-electron chi connectivity index (χ2n) is 5.31. The summed E-state index contributed by atoms with van der Waals surface area (Å²) >= 11 is 0. The molecule has 0 radical (unpaired) electrons. The van der Waals surface area contributed by atoms with E-state index < -0.39 is 5.97 Å². The third-order valence-corrected chi connectivity index (χ3v) is 3.80. The Labute approximate surface area is 125 Å². The monoisotopic (exact) mass is 287 g/mol. The van der Waals surface area contributed by atoms with Gasteiger partial charge in [-0.2, -0.15) is 5.26 Å². The lowest BCUT2D eigenvalue weighted by atomic mass is 9.84. The summed E-state index contributed by atoms with van der Waals surface area (Å²) in [6.45, 7) is 0.477. The third-order valence-electron chi connectivity index (χ3n) is 3.80. The minimum atomic E-state index is -0.506. The van der Waals surface area contributed by atoms with Gasteiger partial charge in [0.15, 0.2) is 0 Å². The van der Waals surface area contributed by atoms with Crippen molar-refractivity contribution < 1.29 is 14.3 Å². The molecule has 4 heteroatoms. The number of nitrogens with zero attached hydrogens (tertiary/aromatic N) is 1. The fourth-order valence-electron chi connectivity index (χ4n) is 2.70. The third kappa shape index (κ3) is 5.11. The first-order valence-electron chi connectivity index (χ1n) is 7.55. The van der Waals surface area contributed by atoms with Crippen LogP contribution in [0.25, 0.3) is 0 Å². The number of carbonyl (C=O) groups is 1. The summed E-state index contributed by atoms with van der Waals surface area (Å²) in [5.41, 5.74) is 1.39. The average molecular weight is 287 g/mol. The van der Waals surface area contributed by atoms with Crippen molar-refractivity contribution in [2.45, 2.75) is 44.4 Å². The Morgan fingerprint density at radius 1 is 1.14 bits per heavy atom. The van der Waals surface area contributed by atoms with E-state index in [-0.39, 0.29) is 13.0 Å². The lowest BCUT2D eigenvalue weighted by molar-refractivity contribution is -0.143. The molecule has 0 heterocycles. The highest BCUT2D eigenvalue weighted by molar-refractivity contribution is 5.71. The summed E-state index contributed by atoms with van der Waals surface area (Å²) in [7, 11) is 0. The predicted molar refractivity (Wildman–Crippen MR) is 79.0 cm³/mol. The van der Waals surface area contributed by atoms with Gasteiger partial charge < -0.3 is 9.47 Å². The van der Waals surface area contributed by atoms with E-state index in [1.54, 1.807) is 6.07 Å². The first-order chi connectivity index (χ1) is 10.3. The van der Waals surface area contributed by atoms with Crippen LogP contribution in [0.1, 0.15) is 50.0 Å². The molecule has 0 bridgehead atoms. The number of benzene rings is 1. The van der Waals surface area contributed by atoms with Crippen LogP contribution in [0.5, 0.6) is 5.75 Å². The number of ether oxygens (including phenoxy) is 2. The van der Waals surface area contributed by atoms with E-state index in [0.717, 1.165) is 5.75 Å². The first-order valence-corrected chi connectivity index (χ1v) is 7.55. The zero-order valence-electron chi connectivity index (χ0n) is 12.2. The van der Waals surface area contributed by atoms with Crippen molar-refractivity contribution in [2.75, 3.05) is 13.2 Å². The highest BCUT2D eigenvalue weighted by atomic mass is 16.6. The lowest BCUT2D eigenvalue weighted by Crippen LogP contribution is -2.11. The molecule has 1 fully saturated rings. The maximum atomic E-state index is 11.0. The molecule has 21 heavy (non-hydrogen) atoms. The van der Waals surface area contributed by atoms with Crippen LogP contribution in [0.3, 0.4) is 0 Å². The van der Waals surface area contributed by atoms with E-state index in [4.69, 9.17) is 14.7 Å². The van der Waals surface area contributed by atoms with Crippen molar-refractivity contribution in [3.05, 3.63) is 29.8 Å². The zero-order chi connectivity index (χ0) is 14.9. The number of hydrogen-bond donors (Lipinski definition) is 0. The number of rotatable bonds is 6. The predicted octanol–water partition coefficient (Wildman–Crippen LogP) is 3.57. The molecule has 0 saturated heterocycles. The second kappa shape index (κ2) is 8.31. The number of esters is 1. The minimum Gasteiger partial charge on any atom is -0.490 e. The molecule has 112 valence electrons.